The van der Waals surface area contributed by atoms with Crippen molar-refractivity contribution in [1.29, 1.82) is 0 Å². The summed E-state index contributed by atoms with van der Waals surface area (Å²) in [6, 6.07) is 12.4. The SMILES string of the molecule is Nc1noc2ccc(NC(=O)c3n[nH]c4c3CCN(c3ccc(N5CCCCC5=O)cc3)C4=O)cc12. The van der Waals surface area contributed by atoms with Gasteiger partial charge in [0.2, 0.25) is 5.91 Å². The van der Waals surface area contributed by atoms with Crippen LogP contribution in [0.2, 0.25) is 0 Å². The van der Waals surface area contributed by atoms with E-state index in [0.717, 1.165) is 24.2 Å². The van der Waals surface area contributed by atoms with E-state index in [0.29, 0.717) is 53.8 Å². The van der Waals surface area contributed by atoms with Crippen LogP contribution in [0, 0.1) is 0 Å². The summed E-state index contributed by atoms with van der Waals surface area (Å²) in [5.74, 6) is -0.331. The number of nitrogens with zero attached hydrogens (tertiary/aromatic N) is 4. The van der Waals surface area contributed by atoms with E-state index in [9.17, 15) is 14.4 Å². The summed E-state index contributed by atoms with van der Waals surface area (Å²) in [5.41, 5.74) is 9.42. The van der Waals surface area contributed by atoms with Gasteiger partial charge in [0.25, 0.3) is 11.8 Å². The molecule has 4 aromatic rings. The van der Waals surface area contributed by atoms with Crippen molar-refractivity contribution in [2.75, 3.05) is 33.9 Å². The molecule has 0 bridgehead atoms. The zero-order valence-electron chi connectivity index (χ0n) is 19.3. The van der Waals surface area contributed by atoms with Crippen molar-refractivity contribution in [3.63, 3.8) is 0 Å². The number of nitrogen functional groups attached to an aromatic ring is 1. The van der Waals surface area contributed by atoms with Crippen LogP contribution in [-0.2, 0) is 11.2 Å². The second kappa shape index (κ2) is 8.52. The molecule has 0 saturated carbocycles. The Labute approximate surface area is 205 Å². The third-order valence-electron chi connectivity index (χ3n) is 6.68. The first-order chi connectivity index (χ1) is 17.5. The lowest BCUT2D eigenvalue weighted by atomic mass is 10.0. The molecule has 0 radical (unpaired) electrons. The minimum Gasteiger partial charge on any atom is -0.380 e. The van der Waals surface area contributed by atoms with E-state index in [2.05, 4.69) is 20.7 Å². The number of benzene rings is 2. The highest BCUT2D eigenvalue weighted by atomic mass is 16.5. The number of H-pyrrole nitrogens is 1. The highest BCUT2D eigenvalue weighted by molar-refractivity contribution is 6.11. The molecule has 1 fully saturated rings. The molecule has 1 saturated heterocycles. The Morgan fingerprint density at radius 3 is 2.56 bits per heavy atom. The number of fused-ring (bicyclic) bond motifs is 2. The van der Waals surface area contributed by atoms with Crippen LogP contribution in [0.25, 0.3) is 11.0 Å². The molecule has 4 N–H and O–H groups in total. The van der Waals surface area contributed by atoms with Crippen molar-refractivity contribution < 1.29 is 18.9 Å². The maximum absolute atomic E-state index is 13.2. The molecule has 11 heteroatoms. The number of anilines is 4. The minimum absolute atomic E-state index is 0.126. The number of rotatable bonds is 4. The van der Waals surface area contributed by atoms with Gasteiger partial charge in [-0.2, -0.15) is 5.10 Å². The summed E-state index contributed by atoms with van der Waals surface area (Å²) < 4.78 is 5.09. The van der Waals surface area contributed by atoms with Gasteiger partial charge in [-0.05, 0) is 61.7 Å². The number of nitrogens with two attached hydrogens (primary N) is 1. The van der Waals surface area contributed by atoms with Crippen LogP contribution < -0.4 is 20.9 Å². The van der Waals surface area contributed by atoms with Gasteiger partial charge < -0.3 is 25.4 Å². The molecule has 0 aliphatic carbocycles. The Kier molecular flexibility index (Phi) is 5.17. The molecule has 0 spiro atoms. The number of aromatic nitrogens is 3. The number of carbonyl (C=O) groups excluding carboxylic acids is 3. The molecular formula is C25H23N7O4. The molecule has 11 nitrogen and oxygen atoms in total. The molecule has 0 unspecified atom stereocenters. The molecule has 4 heterocycles. The maximum atomic E-state index is 13.2. The molecule has 2 aliphatic rings. The molecule has 2 aromatic carbocycles. The number of hydrogen-bond acceptors (Lipinski definition) is 7. The molecule has 0 atom stereocenters. The lowest BCUT2D eigenvalue weighted by molar-refractivity contribution is -0.119. The van der Waals surface area contributed by atoms with Crippen molar-refractivity contribution in [2.24, 2.45) is 0 Å². The minimum atomic E-state index is -0.432. The molecular weight excluding hydrogens is 462 g/mol. The maximum Gasteiger partial charge on any atom is 0.276 e. The predicted molar refractivity (Wildman–Crippen MR) is 133 cm³/mol. The molecule has 6 rings (SSSR count). The second-order valence-corrected chi connectivity index (χ2v) is 8.88. The van der Waals surface area contributed by atoms with Crippen LogP contribution in [0.3, 0.4) is 0 Å². The fraction of sp³-hybridized carbons (Fsp3) is 0.240. The van der Waals surface area contributed by atoms with Crippen LogP contribution in [0.15, 0.2) is 47.0 Å². The van der Waals surface area contributed by atoms with Gasteiger partial charge in [-0.3, -0.25) is 19.5 Å². The van der Waals surface area contributed by atoms with Gasteiger partial charge in [0.1, 0.15) is 5.69 Å². The largest absolute Gasteiger partial charge is 0.380 e. The van der Waals surface area contributed by atoms with Gasteiger partial charge in [0.05, 0.1) is 5.39 Å². The summed E-state index contributed by atoms with van der Waals surface area (Å²) >= 11 is 0. The summed E-state index contributed by atoms with van der Waals surface area (Å²) in [7, 11) is 0. The van der Waals surface area contributed by atoms with Gasteiger partial charge in [-0.1, -0.05) is 5.16 Å². The van der Waals surface area contributed by atoms with Gasteiger partial charge in [0, 0.05) is 42.1 Å². The summed E-state index contributed by atoms with van der Waals surface area (Å²) in [4.78, 5) is 41.8. The van der Waals surface area contributed by atoms with Crippen LogP contribution in [0.5, 0.6) is 0 Å². The zero-order chi connectivity index (χ0) is 24.8. The van der Waals surface area contributed by atoms with Crippen molar-refractivity contribution >= 4 is 51.6 Å². The predicted octanol–water partition coefficient (Wildman–Crippen LogP) is 3.11. The smallest absolute Gasteiger partial charge is 0.276 e. The van der Waals surface area contributed by atoms with Gasteiger partial charge in [-0.25, -0.2) is 0 Å². The second-order valence-electron chi connectivity index (χ2n) is 8.88. The fourth-order valence-electron chi connectivity index (χ4n) is 4.80. The van der Waals surface area contributed by atoms with Gasteiger partial charge >= 0.3 is 0 Å². The summed E-state index contributed by atoms with van der Waals surface area (Å²) in [6.45, 7) is 1.11. The number of hydrogen-bond donors (Lipinski definition) is 3. The number of amides is 3. The third-order valence-corrected chi connectivity index (χ3v) is 6.68. The van der Waals surface area contributed by atoms with E-state index in [1.54, 1.807) is 28.0 Å². The highest BCUT2D eigenvalue weighted by Gasteiger charge is 2.32. The van der Waals surface area contributed by atoms with Crippen LogP contribution >= 0.6 is 0 Å². The zero-order valence-corrected chi connectivity index (χ0v) is 19.3. The van der Waals surface area contributed by atoms with Crippen LogP contribution in [0.1, 0.15) is 45.8 Å². The number of aromatic amines is 1. The van der Waals surface area contributed by atoms with Crippen molar-refractivity contribution in [2.45, 2.75) is 25.7 Å². The monoisotopic (exact) mass is 485 g/mol. The average molecular weight is 486 g/mol. The Bertz CT molecular complexity index is 1500. The third kappa shape index (κ3) is 3.65. The van der Waals surface area contributed by atoms with E-state index in [1.165, 1.54) is 0 Å². The van der Waals surface area contributed by atoms with E-state index in [1.807, 2.05) is 24.3 Å². The number of carbonyl (C=O) groups is 3. The lowest BCUT2D eigenvalue weighted by Crippen LogP contribution is -2.38. The standard InChI is InChI=1S/C25H23N7O4/c26-23-18-13-14(4-9-19(18)36-30-23)27-24(34)21-17-10-12-32(25(35)22(17)29-28-21)16-7-5-15(6-8-16)31-11-2-1-3-20(31)33/h4-9,13H,1-3,10-12H2,(H2,26,30)(H,27,34)(H,28,29). The fourth-order valence-corrected chi connectivity index (χ4v) is 4.80. The van der Waals surface area contributed by atoms with Gasteiger partial charge in [-0.15, -0.1) is 0 Å². The van der Waals surface area contributed by atoms with E-state index in [4.69, 9.17) is 10.3 Å². The van der Waals surface area contributed by atoms with Gasteiger partial charge in [0.15, 0.2) is 17.1 Å². The first-order valence-corrected chi connectivity index (χ1v) is 11.8. The normalized spacial score (nSPS) is 15.9. The van der Waals surface area contributed by atoms with Crippen molar-refractivity contribution in [3.8, 4) is 0 Å². The van der Waals surface area contributed by atoms with Crippen LogP contribution in [-0.4, -0.2) is 46.2 Å². The topological polar surface area (TPSA) is 150 Å². The quantitative estimate of drug-likeness (QED) is 0.402. The Hall–Kier alpha value is -4.67. The Morgan fingerprint density at radius 2 is 1.78 bits per heavy atom. The first-order valence-electron chi connectivity index (χ1n) is 11.8. The molecule has 2 aliphatic heterocycles. The first kappa shape index (κ1) is 21.8. The van der Waals surface area contributed by atoms with Crippen molar-refractivity contribution in [3.05, 3.63) is 59.4 Å². The summed E-state index contributed by atoms with van der Waals surface area (Å²) in [6.07, 6.45) is 2.94. The molecule has 2 aromatic heterocycles. The Balaban J connectivity index is 1.19. The highest BCUT2D eigenvalue weighted by Crippen LogP contribution is 2.29. The van der Waals surface area contributed by atoms with Crippen molar-refractivity contribution in [1.82, 2.24) is 15.4 Å². The number of piperidine rings is 1. The molecule has 36 heavy (non-hydrogen) atoms. The lowest BCUT2D eigenvalue weighted by Gasteiger charge is -2.29. The van der Waals surface area contributed by atoms with E-state index < -0.39 is 5.91 Å². The molecule has 182 valence electrons. The van der Waals surface area contributed by atoms with Crippen LogP contribution in [0.4, 0.5) is 22.9 Å². The average Bonchev–Trinajstić information content (AvgIpc) is 3.49. The number of nitrogens with one attached hydrogen (secondary N) is 2. The summed E-state index contributed by atoms with van der Waals surface area (Å²) in [5, 5.41) is 14.0. The van der Waals surface area contributed by atoms with E-state index >= 15 is 0 Å². The Morgan fingerprint density at radius 1 is 1.00 bits per heavy atom. The molecule has 3 amide bonds. The van der Waals surface area contributed by atoms with E-state index in [-0.39, 0.29) is 23.3 Å².